The molecule has 8 heteroatoms. The second-order valence-corrected chi connectivity index (χ2v) is 7.14. The smallest absolute Gasteiger partial charge is 0.411 e. The van der Waals surface area contributed by atoms with Crippen LogP contribution in [-0.4, -0.2) is 56.2 Å². The number of rotatable bonds is 3. The summed E-state index contributed by atoms with van der Waals surface area (Å²) < 4.78 is 31.7. The second-order valence-electron chi connectivity index (χ2n) is 5.49. The van der Waals surface area contributed by atoms with E-state index in [9.17, 15) is 18.0 Å². The number of likely N-dealkylation sites (tertiary alicyclic amines) is 1. The summed E-state index contributed by atoms with van der Waals surface area (Å²) in [5.41, 5.74) is -0.676. The maximum Gasteiger partial charge on any atom is 0.411 e. The highest BCUT2D eigenvalue weighted by Crippen LogP contribution is 2.19. The van der Waals surface area contributed by atoms with Crippen LogP contribution in [0, 0.1) is 0 Å². The first-order chi connectivity index (χ1) is 8.48. The predicted molar refractivity (Wildman–Crippen MR) is 67.1 cm³/mol. The molecular weight excluding hydrogens is 274 g/mol. The molecule has 0 aliphatic carbocycles. The van der Waals surface area contributed by atoms with Gasteiger partial charge in [-0.1, -0.05) is 0 Å². The zero-order valence-electron chi connectivity index (χ0n) is 11.5. The zero-order valence-corrected chi connectivity index (χ0v) is 12.3. The number of ketones is 1. The van der Waals surface area contributed by atoms with Crippen molar-refractivity contribution in [1.29, 1.82) is 0 Å². The molecule has 0 aromatic rings. The van der Waals surface area contributed by atoms with Crippen LogP contribution in [-0.2, 0) is 23.8 Å². The fourth-order valence-corrected chi connectivity index (χ4v) is 2.05. The number of Topliss-reactive ketones (excluding diaryl/α,β-unsaturated/α-hetero) is 1. The molecule has 1 atom stereocenters. The summed E-state index contributed by atoms with van der Waals surface area (Å²) in [7, 11) is -3.60. The van der Waals surface area contributed by atoms with E-state index >= 15 is 0 Å². The van der Waals surface area contributed by atoms with E-state index in [1.807, 2.05) is 0 Å². The molecule has 0 spiro atoms. The minimum atomic E-state index is -3.60. The van der Waals surface area contributed by atoms with Crippen LogP contribution in [0.1, 0.15) is 27.2 Å². The van der Waals surface area contributed by atoms with Crippen LogP contribution in [0.15, 0.2) is 0 Å². The van der Waals surface area contributed by atoms with Gasteiger partial charge in [0.05, 0.1) is 25.4 Å². The van der Waals surface area contributed by atoms with Gasteiger partial charge in [-0.25, -0.2) is 4.79 Å². The average molecular weight is 293 g/mol. The lowest BCUT2D eigenvalue weighted by Gasteiger charge is -2.27. The molecule has 0 aromatic heterocycles. The molecule has 0 N–H and O–H groups in total. The van der Waals surface area contributed by atoms with Crippen molar-refractivity contribution in [3.63, 3.8) is 0 Å². The number of hydrogen-bond acceptors (Lipinski definition) is 6. The minimum Gasteiger partial charge on any atom is -0.444 e. The molecular formula is C11H19NO6S. The van der Waals surface area contributed by atoms with Crippen molar-refractivity contribution in [2.45, 2.75) is 38.8 Å². The predicted octanol–water partition coefficient (Wildman–Crippen LogP) is 0.541. The molecule has 110 valence electrons. The highest BCUT2D eigenvalue weighted by molar-refractivity contribution is 7.85. The average Bonchev–Trinajstić information content (AvgIpc) is 2.53. The third-order valence-electron chi connectivity index (χ3n) is 2.35. The van der Waals surface area contributed by atoms with Crippen LogP contribution >= 0.6 is 0 Å². The van der Waals surface area contributed by atoms with Gasteiger partial charge in [0.25, 0.3) is 10.1 Å². The van der Waals surface area contributed by atoms with E-state index < -0.39 is 27.9 Å². The molecule has 0 aromatic carbocycles. The van der Waals surface area contributed by atoms with Crippen molar-refractivity contribution >= 4 is 22.0 Å². The SMILES string of the molecule is CC(C)(C)OC(=O)N1CC(=O)CC1COS(C)(=O)=O. The van der Waals surface area contributed by atoms with Crippen LogP contribution in [0.4, 0.5) is 4.79 Å². The molecule has 1 aliphatic heterocycles. The molecule has 1 saturated heterocycles. The van der Waals surface area contributed by atoms with Gasteiger partial charge in [0.1, 0.15) is 5.60 Å². The number of amides is 1. The van der Waals surface area contributed by atoms with Crippen LogP contribution in [0.3, 0.4) is 0 Å². The standard InChI is InChI=1S/C11H19NO6S/c1-11(2,3)18-10(14)12-6-9(13)5-8(12)7-17-19(4,15)16/h8H,5-7H2,1-4H3. The summed E-state index contributed by atoms with van der Waals surface area (Å²) in [5, 5.41) is 0. The third kappa shape index (κ3) is 5.56. The summed E-state index contributed by atoms with van der Waals surface area (Å²) in [4.78, 5) is 24.5. The molecule has 0 bridgehead atoms. The van der Waals surface area contributed by atoms with E-state index in [1.54, 1.807) is 20.8 Å². The van der Waals surface area contributed by atoms with E-state index in [4.69, 9.17) is 4.74 Å². The van der Waals surface area contributed by atoms with E-state index in [0.717, 1.165) is 6.26 Å². The van der Waals surface area contributed by atoms with Crippen molar-refractivity contribution in [2.24, 2.45) is 0 Å². The molecule has 7 nitrogen and oxygen atoms in total. The molecule has 1 aliphatic rings. The second kappa shape index (κ2) is 5.46. The zero-order chi connectivity index (χ0) is 14.8. The van der Waals surface area contributed by atoms with Crippen molar-refractivity contribution in [2.75, 3.05) is 19.4 Å². The van der Waals surface area contributed by atoms with Crippen molar-refractivity contribution < 1.29 is 26.9 Å². The Balaban J connectivity index is 2.69. The van der Waals surface area contributed by atoms with E-state index in [-0.39, 0.29) is 25.4 Å². The maximum atomic E-state index is 11.9. The quantitative estimate of drug-likeness (QED) is 0.705. The van der Waals surface area contributed by atoms with Gasteiger partial charge in [-0.15, -0.1) is 0 Å². The van der Waals surface area contributed by atoms with Gasteiger partial charge in [-0.05, 0) is 20.8 Å². The molecule has 1 unspecified atom stereocenters. The Hall–Kier alpha value is -1.15. The van der Waals surface area contributed by atoms with Crippen molar-refractivity contribution in [3.05, 3.63) is 0 Å². The maximum absolute atomic E-state index is 11.9. The first-order valence-electron chi connectivity index (χ1n) is 5.84. The summed E-state index contributed by atoms with van der Waals surface area (Å²) in [5.74, 6) is -0.145. The number of carbonyl (C=O) groups is 2. The Morgan fingerprint density at radius 3 is 2.47 bits per heavy atom. The number of ether oxygens (including phenoxy) is 1. The Labute approximate surface area is 113 Å². The molecule has 19 heavy (non-hydrogen) atoms. The van der Waals surface area contributed by atoms with Gasteiger partial charge in [0, 0.05) is 6.42 Å². The largest absolute Gasteiger partial charge is 0.444 e. The van der Waals surface area contributed by atoms with Gasteiger partial charge in [0.2, 0.25) is 0 Å². The van der Waals surface area contributed by atoms with Crippen LogP contribution in [0.2, 0.25) is 0 Å². The lowest BCUT2D eigenvalue weighted by atomic mass is 10.2. The summed E-state index contributed by atoms with van der Waals surface area (Å²) >= 11 is 0. The molecule has 1 amide bonds. The van der Waals surface area contributed by atoms with Gasteiger partial charge < -0.3 is 4.74 Å². The van der Waals surface area contributed by atoms with E-state index in [2.05, 4.69) is 4.18 Å². The Morgan fingerprint density at radius 1 is 1.42 bits per heavy atom. The Morgan fingerprint density at radius 2 is 2.00 bits per heavy atom. The summed E-state index contributed by atoms with van der Waals surface area (Å²) in [6.45, 7) is 4.83. The fourth-order valence-electron chi connectivity index (χ4n) is 1.64. The van der Waals surface area contributed by atoms with Crippen LogP contribution in [0.25, 0.3) is 0 Å². The van der Waals surface area contributed by atoms with Gasteiger partial charge >= 0.3 is 6.09 Å². The normalized spacial score (nSPS) is 20.7. The Kier molecular flexibility index (Phi) is 4.57. The lowest BCUT2D eigenvalue weighted by Crippen LogP contribution is -2.42. The van der Waals surface area contributed by atoms with Crippen molar-refractivity contribution in [3.8, 4) is 0 Å². The van der Waals surface area contributed by atoms with Crippen LogP contribution in [0.5, 0.6) is 0 Å². The first kappa shape index (κ1) is 15.9. The van der Waals surface area contributed by atoms with E-state index in [0.29, 0.717) is 0 Å². The molecule has 1 rings (SSSR count). The Bertz CT molecular complexity index is 464. The monoisotopic (exact) mass is 293 g/mol. The first-order valence-corrected chi connectivity index (χ1v) is 7.65. The van der Waals surface area contributed by atoms with Gasteiger partial charge in [-0.2, -0.15) is 8.42 Å². The minimum absolute atomic E-state index is 0.0767. The fraction of sp³-hybridized carbons (Fsp3) is 0.818. The molecule has 1 heterocycles. The highest BCUT2D eigenvalue weighted by atomic mass is 32.2. The van der Waals surface area contributed by atoms with E-state index in [1.165, 1.54) is 4.90 Å². The molecule has 1 fully saturated rings. The van der Waals surface area contributed by atoms with Gasteiger partial charge in [-0.3, -0.25) is 13.9 Å². The lowest BCUT2D eigenvalue weighted by molar-refractivity contribution is -0.117. The molecule has 0 saturated carbocycles. The van der Waals surface area contributed by atoms with Gasteiger partial charge in [0.15, 0.2) is 5.78 Å². The number of nitrogens with zero attached hydrogens (tertiary/aromatic N) is 1. The summed E-state index contributed by atoms with van der Waals surface area (Å²) in [6.07, 6.45) is 0.358. The van der Waals surface area contributed by atoms with Crippen LogP contribution < -0.4 is 0 Å². The molecule has 0 radical (unpaired) electrons. The third-order valence-corrected chi connectivity index (χ3v) is 2.92. The van der Waals surface area contributed by atoms with Crippen molar-refractivity contribution in [1.82, 2.24) is 4.90 Å². The highest BCUT2D eigenvalue weighted by Gasteiger charge is 2.37. The number of carbonyl (C=O) groups excluding carboxylic acids is 2. The summed E-state index contributed by atoms with van der Waals surface area (Å²) in [6, 6.07) is -0.600. The number of hydrogen-bond donors (Lipinski definition) is 0. The topological polar surface area (TPSA) is 90.0 Å².